The van der Waals surface area contributed by atoms with E-state index in [-0.39, 0.29) is 17.7 Å². The number of halogens is 2. The minimum absolute atomic E-state index is 0.166. The summed E-state index contributed by atoms with van der Waals surface area (Å²) in [4.78, 5) is 16.4. The van der Waals surface area contributed by atoms with Gasteiger partial charge in [0.15, 0.2) is 0 Å². The molecular weight excluding hydrogens is 360 g/mol. The molecule has 1 heterocycles. The van der Waals surface area contributed by atoms with Crippen LogP contribution in [0, 0.1) is 17.6 Å². The number of benzene rings is 2. The van der Waals surface area contributed by atoms with Crippen molar-refractivity contribution >= 4 is 23.1 Å². The van der Waals surface area contributed by atoms with Gasteiger partial charge >= 0.3 is 6.03 Å². The van der Waals surface area contributed by atoms with Crippen LogP contribution in [0.1, 0.15) is 33.1 Å². The summed E-state index contributed by atoms with van der Waals surface area (Å²) in [7, 11) is 0. The summed E-state index contributed by atoms with van der Waals surface area (Å²) in [5.41, 5.74) is 2.02. The molecule has 150 valence electrons. The van der Waals surface area contributed by atoms with Gasteiger partial charge in [0.25, 0.3) is 0 Å². The van der Waals surface area contributed by atoms with Crippen LogP contribution in [0.5, 0.6) is 0 Å². The van der Waals surface area contributed by atoms with Crippen LogP contribution in [-0.2, 0) is 0 Å². The average Bonchev–Trinajstić information content (AvgIpc) is 2.70. The molecule has 0 fully saturated rings. The van der Waals surface area contributed by atoms with Gasteiger partial charge in [0.05, 0.1) is 11.4 Å². The Balaban J connectivity index is 1.82. The van der Waals surface area contributed by atoms with Gasteiger partial charge in [0, 0.05) is 25.3 Å². The predicted octanol–water partition coefficient (Wildman–Crippen LogP) is 5.46. The van der Waals surface area contributed by atoms with Crippen molar-refractivity contribution in [2.45, 2.75) is 33.1 Å². The maximum absolute atomic E-state index is 14.0. The van der Waals surface area contributed by atoms with Crippen molar-refractivity contribution in [3.63, 3.8) is 0 Å². The molecule has 0 aromatic heterocycles. The molecule has 1 aliphatic heterocycles. The smallest absolute Gasteiger partial charge is 0.322 e. The highest BCUT2D eigenvalue weighted by Gasteiger charge is 2.28. The van der Waals surface area contributed by atoms with Crippen LogP contribution in [0.25, 0.3) is 0 Å². The standard InChI is InChI=1S/C22H27F2N3O/c1-3-5-16(4-2)15-25-22(28)27-13-12-26(19-9-6-17(23)7-10-19)21-14-18(24)8-11-20(21)27/h6-11,14,16H,3-5,12-13,15H2,1-2H3,(H,25,28). The summed E-state index contributed by atoms with van der Waals surface area (Å²) in [6.07, 6.45) is 3.19. The number of nitrogens with one attached hydrogen (secondary N) is 1. The Morgan fingerprint density at radius 1 is 1.04 bits per heavy atom. The Morgan fingerprint density at radius 3 is 2.43 bits per heavy atom. The molecule has 1 unspecified atom stereocenters. The lowest BCUT2D eigenvalue weighted by Crippen LogP contribution is -2.48. The van der Waals surface area contributed by atoms with Crippen molar-refractivity contribution in [3.8, 4) is 0 Å². The van der Waals surface area contributed by atoms with E-state index in [4.69, 9.17) is 0 Å². The number of nitrogens with zero attached hydrogens (tertiary/aromatic N) is 2. The summed E-state index contributed by atoms with van der Waals surface area (Å²) >= 11 is 0. The number of amides is 2. The highest BCUT2D eigenvalue weighted by atomic mass is 19.1. The summed E-state index contributed by atoms with van der Waals surface area (Å²) in [6, 6.07) is 10.3. The molecule has 1 N–H and O–H groups in total. The Hall–Kier alpha value is -2.63. The van der Waals surface area contributed by atoms with Gasteiger partial charge in [-0.25, -0.2) is 13.6 Å². The monoisotopic (exact) mass is 387 g/mol. The van der Waals surface area contributed by atoms with Gasteiger partial charge in [-0.3, -0.25) is 4.90 Å². The second kappa shape index (κ2) is 9.04. The van der Waals surface area contributed by atoms with Gasteiger partial charge in [-0.2, -0.15) is 0 Å². The molecule has 4 nitrogen and oxygen atoms in total. The lowest BCUT2D eigenvalue weighted by molar-refractivity contribution is 0.243. The fraction of sp³-hybridized carbons (Fsp3) is 0.409. The first-order chi connectivity index (χ1) is 13.5. The second-order valence-electron chi connectivity index (χ2n) is 7.16. The van der Waals surface area contributed by atoms with Crippen molar-refractivity contribution in [1.29, 1.82) is 0 Å². The molecule has 0 bridgehead atoms. The van der Waals surface area contributed by atoms with Gasteiger partial charge < -0.3 is 10.2 Å². The van der Waals surface area contributed by atoms with E-state index in [0.29, 0.717) is 36.9 Å². The first-order valence-corrected chi connectivity index (χ1v) is 9.91. The Morgan fingerprint density at radius 2 is 1.75 bits per heavy atom. The maximum Gasteiger partial charge on any atom is 0.322 e. The first kappa shape index (κ1) is 20.1. The van der Waals surface area contributed by atoms with Crippen LogP contribution in [-0.4, -0.2) is 25.7 Å². The second-order valence-corrected chi connectivity index (χ2v) is 7.16. The lowest BCUT2D eigenvalue weighted by Gasteiger charge is -2.38. The number of anilines is 3. The Labute approximate surface area is 165 Å². The van der Waals surface area contributed by atoms with Crippen molar-refractivity contribution in [2.24, 2.45) is 5.92 Å². The number of carbonyl (C=O) groups is 1. The molecule has 0 radical (unpaired) electrons. The van der Waals surface area contributed by atoms with Crippen LogP contribution in [0.2, 0.25) is 0 Å². The Kier molecular flexibility index (Phi) is 6.49. The molecule has 2 amide bonds. The van der Waals surface area contributed by atoms with Crippen LogP contribution >= 0.6 is 0 Å². The molecule has 6 heteroatoms. The lowest BCUT2D eigenvalue weighted by atomic mass is 10.0. The van der Waals surface area contributed by atoms with Crippen LogP contribution < -0.4 is 15.1 Å². The van der Waals surface area contributed by atoms with E-state index in [1.54, 1.807) is 23.1 Å². The molecule has 28 heavy (non-hydrogen) atoms. The summed E-state index contributed by atoms with van der Waals surface area (Å²) in [5, 5.41) is 3.03. The fourth-order valence-electron chi connectivity index (χ4n) is 3.67. The topological polar surface area (TPSA) is 35.6 Å². The fourth-order valence-corrected chi connectivity index (χ4v) is 3.67. The first-order valence-electron chi connectivity index (χ1n) is 9.91. The predicted molar refractivity (Wildman–Crippen MR) is 109 cm³/mol. The molecule has 0 saturated carbocycles. The number of hydrogen-bond acceptors (Lipinski definition) is 2. The van der Waals surface area contributed by atoms with E-state index in [9.17, 15) is 13.6 Å². The van der Waals surface area contributed by atoms with Gasteiger partial charge in [-0.05, 0) is 54.8 Å². The van der Waals surface area contributed by atoms with Crippen molar-refractivity contribution < 1.29 is 13.6 Å². The van der Waals surface area contributed by atoms with E-state index in [2.05, 4.69) is 19.2 Å². The third-order valence-corrected chi connectivity index (χ3v) is 5.27. The SMILES string of the molecule is CCCC(CC)CNC(=O)N1CCN(c2ccc(F)cc2)c2cc(F)ccc21. The van der Waals surface area contributed by atoms with Crippen LogP contribution in [0.4, 0.5) is 30.6 Å². The third kappa shape index (κ3) is 4.43. The molecule has 1 atom stereocenters. The number of fused-ring (bicyclic) bond motifs is 1. The van der Waals surface area contributed by atoms with Gasteiger partial charge in [-0.15, -0.1) is 0 Å². The van der Waals surface area contributed by atoms with E-state index in [0.717, 1.165) is 24.9 Å². The molecule has 3 rings (SSSR count). The zero-order chi connectivity index (χ0) is 20.1. The van der Waals surface area contributed by atoms with E-state index in [1.807, 2.05) is 4.90 Å². The van der Waals surface area contributed by atoms with Gasteiger partial charge in [0.1, 0.15) is 11.6 Å². The highest BCUT2D eigenvalue weighted by molar-refractivity contribution is 5.97. The molecule has 2 aromatic carbocycles. The van der Waals surface area contributed by atoms with Crippen molar-refractivity contribution in [1.82, 2.24) is 5.32 Å². The molecule has 0 saturated heterocycles. The zero-order valence-corrected chi connectivity index (χ0v) is 16.4. The van der Waals surface area contributed by atoms with Gasteiger partial charge in [0.2, 0.25) is 0 Å². The number of carbonyl (C=O) groups excluding carboxylic acids is 1. The van der Waals surface area contributed by atoms with Crippen molar-refractivity contribution in [2.75, 3.05) is 29.4 Å². The minimum Gasteiger partial charge on any atom is -0.338 e. The number of hydrogen-bond donors (Lipinski definition) is 1. The normalized spacial score (nSPS) is 14.6. The molecule has 0 spiro atoms. The Bertz CT molecular complexity index is 810. The van der Waals surface area contributed by atoms with Crippen molar-refractivity contribution in [3.05, 3.63) is 54.1 Å². The average molecular weight is 387 g/mol. The third-order valence-electron chi connectivity index (χ3n) is 5.27. The van der Waals surface area contributed by atoms with Crippen LogP contribution in [0.3, 0.4) is 0 Å². The maximum atomic E-state index is 14.0. The largest absolute Gasteiger partial charge is 0.338 e. The minimum atomic E-state index is -0.373. The number of urea groups is 1. The van der Waals surface area contributed by atoms with Crippen LogP contribution in [0.15, 0.2) is 42.5 Å². The quantitative estimate of drug-likeness (QED) is 0.714. The molecular formula is C22H27F2N3O. The highest BCUT2D eigenvalue weighted by Crippen LogP contribution is 2.38. The summed E-state index contributed by atoms with van der Waals surface area (Å²) < 4.78 is 27.2. The molecule has 2 aromatic rings. The number of rotatable bonds is 6. The molecule has 0 aliphatic carbocycles. The van der Waals surface area contributed by atoms with E-state index in [1.165, 1.54) is 24.3 Å². The summed E-state index contributed by atoms with van der Waals surface area (Å²) in [5.74, 6) is -0.233. The molecule has 1 aliphatic rings. The van der Waals surface area contributed by atoms with E-state index < -0.39 is 0 Å². The zero-order valence-electron chi connectivity index (χ0n) is 16.4. The van der Waals surface area contributed by atoms with Gasteiger partial charge in [-0.1, -0.05) is 26.7 Å². The van der Waals surface area contributed by atoms with E-state index >= 15 is 0 Å². The summed E-state index contributed by atoms with van der Waals surface area (Å²) in [6.45, 7) is 5.88.